The van der Waals surface area contributed by atoms with E-state index in [-0.39, 0.29) is 0 Å². The molecule has 0 aromatic rings. The molecule has 0 bridgehead atoms. The third kappa shape index (κ3) is 28.4. The summed E-state index contributed by atoms with van der Waals surface area (Å²) in [6.07, 6.45) is 39.5. The van der Waals surface area contributed by atoms with Gasteiger partial charge in [0.1, 0.15) is 0 Å². The van der Waals surface area contributed by atoms with Crippen LogP contribution in [-0.2, 0) is 0 Å². The summed E-state index contributed by atoms with van der Waals surface area (Å²) in [5, 5.41) is 0. The van der Waals surface area contributed by atoms with Gasteiger partial charge in [-0.1, -0.05) is 208 Å². The third-order valence-electron chi connectivity index (χ3n) is 8.64. The minimum absolute atomic E-state index is 0.944. The van der Waals surface area contributed by atoms with Gasteiger partial charge in [-0.25, -0.2) is 0 Å². The Bertz CT molecular complexity index is 372. The van der Waals surface area contributed by atoms with Gasteiger partial charge in [0.25, 0.3) is 0 Å². The fourth-order valence-electron chi connectivity index (χ4n) is 5.85. The van der Waals surface area contributed by atoms with E-state index in [1.54, 1.807) is 0 Å². The van der Waals surface area contributed by atoms with Crippen molar-refractivity contribution in [1.82, 2.24) is 0 Å². The van der Waals surface area contributed by atoms with Gasteiger partial charge in [0.15, 0.2) is 0 Å². The normalized spacial score (nSPS) is 14.3. The zero-order valence-corrected chi connectivity index (χ0v) is 25.8. The Morgan fingerprint density at radius 3 is 0.714 bits per heavy atom. The van der Waals surface area contributed by atoms with E-state index in [9.17, 15) is 0 Å². The van der Waals surface area contributed by atoms with Gasteiger partial charge in [0, 0.05) is 0 Å². The summed E-state index contributed by atoms with van der Waals surface area (Å²) >= 11 is 0. The van der Waals surface area contributed by atoms with E-state index in [0.29, 0.717) is 0 Å². The molecule has 3 atom stereocenters. The van der Waals surface area contributed by atoms with Crippen molar-refractivity contribution in [1.29, 1.82) is 0 Å². The summed E-state index contributed by atoms with van der Waals surface area (Å²) in [6.45, 7) is 12.1. The molecule has 0 heteroatoms. The third-order valence-corrected chi connectivity index (χ3v) is 8.64. The zero-order chi connectivity index (χ0) is 25.8. The SMILES string of the molecule is CCCCCCCCCCCCCCCC(C)CCCC(C)CCCC(C)CCCCCCCC. The van der Waals surface area contributed by atoms with Crippen LogP contribution >= 0.6 is 0 Å². The second-order valence-corrected chi connectivity index (χ2v) is 12.8. The number of unbranched alkanes of at least 4 members (excludes halogenated alkanes) is 17. The summed E-state index contributed by atoms with van der Waals surface area (Å²) in [6, 6.07) is 0. The average Bonchev–Trinajstić information content (AvgIpc) is 2.84. The van der Waals surface area contributed by atoms with Crippen LogP contribution in [0.5, 0.6) is 0 Å². The largest absolute Gasteiger partial charge is 0.0654 e. The molecule has 0 saturated carbocycles. The van der Waals surface area contributed by atoms with E-state index in [0.717, 1.165) is 17.8 Å². The average molecular weight is 493 g/mol. The maximum Gasteiger partial charge on any atom is -0.0443 e. The van der Waals surface area contributed by atoms with E-state index in [1.165, 1.54) is 173 Å². The number of hydrogen-bond donors (Lipinski definition) is 0. The second-order valence-electron chi connectivity index (χ2n) is 12.8. The van der Waals surface area contributed by atoms with Gasteiger partial charge in [-0.05, 0) is 17.8 Å². The number of hydrogen-bond acceptors (Lipinski definition) is 0. The van der Waals surface area contributed by atoms with E-state index >= 15 is 0 Å². The topological polar surface area (TPSA) is 0 Å². The molecule has 0 heterocycles. The van der Waals surface area contributed by atoms with Crippen LogP contribution in [0.15, 0.2) is 0 Å². The van der Waals surface area contributed by atoms with Crippen molar-refractivity contribution in [2.24, 2.45) is 17.8 Å². The van der Waals surface area contributed by atoms with Gasteiger partial charge < -0.3 is 0 Å². The van der Waals surface area contributed by atoms with Crippen molar-refractivity contribution in [2.45, 2.75) is 208 Å². The molecule has 0 saturated heterocycles. The van der Waals surface area contributed by atoms with Crippen LogP contribution in [0.3, 0.4) is 0 Å². The van der Waals surface area contributed by atoms with Gasteiger partial charge in [-0.15, -0.1) is 0 Å². The van der Waals surface area contributed by atoms with E-state index in [2.05, 4.69) is 34.6 Å². The fraction of sp³-hybridized carbons (Fsp3) is 1.00. The summed E-state index contributed by atoms with van der Waals surface area (Å²) < 4.78 is 0. The lowest BCUT2D eigenvalue weighted by atomic mass is 9.90. The predicted octanol–water partition coefficient (Wildman–Crippen LogP) is 13.5. The molecule has 0 spiro atoms. The molecule has 212 valence electrons. The Morgan fingerprint density at radius 1 is 0.257 bits per heavy atom. The van der Waals surface area contributed by atoms with Gasteiger partial charge in [-0.3, -0.25) is 0 Å². The molecule has 0 aromatic heterocycles. The molecule has 0 N–H and O–H groups in total. The molecule has 0 aliphatic heterocycles. The van der Waals surface area contributed by atoms with Crippen molar-refractivity contribution in [2.75, 3.05) is 0 Å². The molecule has 0 aliphatic rings. The Kier molecular flexibility index (Phi) is 28.6. The first kappa shape index (κ1) is 35.0. The lowest BCUT2D eigenvalue weighted by Gasteiger charge is -2.16. The number of rotatable bonds is 29. The Balaban J connectivity index is 3.37. The van der Waals surface area contributed by atoms with Gasteiger partial charge >= 0.3 is 0 Å². The van der Waals surface area contributed by atoms with E-state index in [1.807, 2.05) is 0 Å². The highest BCUT2D eigenvalue weighted by atomic mass is 14.1. The van der Waals surface area contributed by atoms with Crippen LogP contribution in [0.4, 0.5) is 0 Å². The molecule has 0 rings (SSSR count). The van der Waals surface area contributed by atoms with Crippen molar-refractivity contribution in [3.05, 3.63) is 0 Å². The molecule has 0 amide bonds. The molecular weight excluding hydrogens is 420 g/mol. The zero-order valence-electron chi connectivity index (χ0n) is 25.8. The van der Waals surface area contributed by atoms with Crippen LogP contribution in [0.25, 0.3) is 0 Å². The molecule has 0 aromatic carbocycles. The molecule has 0 radical (unpaired) electrons. The Hall–Kier alpha value is 0. The summed E-state index contributed by atoms with van der Waals surface area (Å²) in [5.41, 5.74) is 0. The minimum Gasteiger partial charge on any atom is -0.0654 e. The Labute approximate surface area is 225 Å². The molecule has 0 fully saturated rings. The van der Waals surface area contributed by atoms with Gasteiger partial charge in [0.05, 0.1) is 0 Å². The van der Waals surface area contributed by atoms with Crippen LogP contribution < -0.4 is 0 Å². The van der Waals surface area contributed by atoms with E-state index < -0.39 is 0 Å². The quantitative estimate of drug-likeness (QED) is 0.0910. The highest BCUT2D eigenvalue weighted by molar-refractivity contribution is 4.61. The molecule has 3 unspecified atom stereocenters. The first-order valence-electron chi connectivity index (χ1n) is 17.1. The first-order valence-corrected chi connectivity index (χ1v) is 17.1. The van der Waals surface area contributed by atoms with Crippen LogP contribution in [0.1, 0.15) is 208 Å². The van der Waals surface area contributed by atoms with Crippen LogP contribution in [0.2, 0.25) is 0 Å². The monoisotopic (exact) mass is 493 g/mol. The Morgan fingerprint density at radius 2 is 0.457 bits per heavy atom. The lowest BCUT2D eigenvalue weighted by Crippen LogP contribution is -2.01. The van der Waals surface area contributed by atoms with Crippen molar-refractivity contribution in [3.8, 4) is 0 Å². The summed E-state index contributed by atoms with van der Waals surface area (Å²) in [5.74, 6) is 2.85. The lowest BCUT2D eigenvalue weighted by molar-refractivity contribution is 0.373. The van der Waals surface area contributed by atoms with Crippen molar-refractivity contribution >= 4 is 0 Å². The molecular formula is C35H72. The maximum absolute atomic E-state index is 2.51. The molecule has 35 heavy (non-hydrogen) atoms. The standard InChI is InChI=1S/C35H72/c1-6-8-10-12-14-15-16-17-18-19-20-22-24-28-34(4)30-26-32-35(5)31-25-29-33(3)27-23-21-13-11-9-7-2/h33-35H,6-32H2,1-5H3. The maximum atomic E-state index is 2.51. The van der Waals surface area contributed by atoms with E-state index in [4.69, 9.17) is 0 Å². The highest BCUT2D eigenvalue weighted by Crippen LogP contribution is 2.23. The van der Waals surface area contributed by atoms with Gasteiger partial charge in [0.2, 0.25) is 0 Å². The minimum atomic E-state index is 0.944. The second kappa shape index (κ2) is 28.6. The first-order chi connectivity index (χ1) is 17.1. The fourth-order valence-corrected chi connectivity index (χ4v) is 5.85. The van der Waals surface area contributed by atoms with Gasteiger partial charge in [-0.2, -0.15) is 0 Å². The molecule has 0 nitrogen and oxygen atoms in total. The molecule has 0 aliphatic carbocycles. The summed E-state index contributed by atoms with van der Waals surface area (Å²) in [4.78, 5) is 0. The van der Waals surface area contributed by atoms with Crippen LogP contribution in [-0.4, -0.2) is 0 Å². The highest BCUT2D eigenvalue weighted by Gasteiger charge is 2.08. The predicted molar refractivity (Wildman–Crippen MR) is 163 cm³/mol. The van der Waals surface area contributed by atoms with Crippen molar-refractivity contribution < 1.29 is 0 Å². The summed E-state index contributed by atoms with van der Waals surface area (Å²) in [7, 11) is 0. The van der Waals surface area contributed by atoms with Crippen molar-refractivity contribution in [3.63, 3.8) is 0 Å². The smallest absolute Gasteiger partial charge is 0.0443 e. The van der Waals surface area contributed by atoms with Crippen LogP contribution in [0, 0.1) is 17.8 Å².